The van der Waals surface area contributed by atoms with Crippen molar-refractivity contribution in [1.29, 1.82) is 0 Å². The number of nitrogens with one attached hydrogen (secondary N) is 1. The van der Waals surface area contributed by atoms with Crippen LogP contribution >= 0.6 is 0 Å². The molecule has 1 heterocycles. The zero-order valence-electron chi connectivity index (χ0n) is 10.4. The van der Waals surface area contributed by atoms with Gasteiger partial charge in [-0.15, -0.1) is 0 Å². The van der Waals surface area contributed by atoms with Gasteiger partial charge in [-0.1, -0.05) is 12.5 Å². The van der Waals surface area contributed by atoms with Crippen molar-refractivity contribution < 1.29 is 19.1 Å². The Hall–Kier alpha value is -1.98. The highest BCUT2D eigenvalue weighted by Gasteiger charge is 2.39. The molecule has 2 rings (SSSR count). The topological polar surface area (TPSA) is 79.3 Å². The van der Waals surface area contributed by atoms with Crippen LogP contribution in [0, 0.1) is 11.4 Å². The van der Waals surface area contributed by atoms with E-state index in [0.717, 1.165) is 25.3 Å². The number of amides is 1. The third-order valence-corrected chi connectivity index (χ3v) is 3.51. The van der Waals surface area contributed by atoms with E-state index in [4.69, 9.17) is 5.11 Å². The molecule has 0 saturated heterocycles. The monoisotopic (exact) mass is 266 g/mol. The van der Waals surface area contributed by atoms with Crippen molar-refractivity contribution >= 4 is 11.9 Å². The zero-order valence-corrected chi connectivity index (χ0v) is 10.4. The molecule has 2 N–H and O–H groups in total. The first-order valence-corrected chi connectivity index (χ1v) is 6.13. The third-order valence-electron chi connectivity index (χ3n) is 3.51. The molecule has 1 amide bonds. The molecule has 5 nitrogen and oxygen atoms in total. The minimum absolute atomic E-state index is 0.00444. The molecule has 102 valence electrons. The summed E-state index contributed by atoms with van der Waals surface area (Å²) in [5.41, 5.74) is -0.348. The van der Waals surface area contributed by atoms with Crippen molar-refractivity contribution in [2.24, 2.45) is 5.41 Å². The molecule has 1 fully saturated rings. The van der Waals surface area contributed by atoms with Gasteiger partial charge >= 0.3 is 5.97 Å². The van der Waals surface area contributed by atoms with Gasteiger partial charge in [-0.25, -0.2) is 4.98 Å². The Kier molecular flexibility index (Phi) is 3.78. The largest absolute Gasteiger partial charge is 0.481 e. The van der Waals surface area contributed by atoms with Gasteiger partial charge in [0, 0.05) is 6.54 Å². The molecule has 0 radical (unpaired) electrons. The summed E-state index contributed by atoms with van der Waals surface area (Å²) in [4.78, 5) is 26.1. The summed E-state index contributed by atoms with van der Waals surface area (Å²) in [7, 11) is 0. The zero-order chi connectivity index (χ0) is 13.9. The minimum atomic E-state index is -0.863. The van der Waals surface area contributed by atoms with Crippen molar-refractivity contribution in [3.05, 3.63) is 29.8 Å². The van der Waals surface area contributed by atoms with E-state index in [1.54, 1.807) is 0 Å². The first kappa shape index (κ1) is 13.5. The van der Waals surface area contributed by atoms with Gasteiger partial charge in [-0.3, -0.25) is 9.59 Å². The van der Waals surface area contributed by atoms with Crippen LogP contribution < -0.4 is 5.32 Å². The number of aliphatic carboxylic acids is 1. The van der Waals surface area contributed by atoms with E-state index in [2.05, 4.69) is 10.3 Å². The Morgan fingerprint density at radius 2 is 2.16 bits per heavy atom. The van der Waals surface area contributed by atoms with Gasteiger partial charge in [0.25, 0.3) is 5.91 Å². The highest BCUT2D eigenvalue weighted by molar-refractivity contribution is 5.92. The van der Waals surface area contributed by atoms with Gasteiger partial charge in [0.1, 0.15) is 5.69 Å². The predicted octanol–water partition coefficient (Wildman–Crippen LogP) is 1.60. The number of hydrogen-bond acceptors (Lipinski definition) is 3. The number of carbonyl (C=O) groups excluding carboxylic acids is 1. The number of aromatic nitrogens is 1. The standard InChI is InChI=1S/C13H15FN2O3/c14-10-4-1-3-9(16-10)12(19)15-8-13(5-2-6-13)7-11(17)18/h1,3-4H,2,5-8H2,(H,15,19)(H,17,18). The van der Waals surface area contributed by atoms with Crippen LogP contribution in [0.25, 0.3) is 0 Å². The number of hydrogen-bond donors (Lipinski definition) is 2. The minimum Gasteiger partial charge on any atom is -0.481 e. The van der Waals surface area contributed by atoms with Gasteiger partial charge in [-0.2, -0.15) is 4.39 Å². The van der Waals surface area contributed by atoms with Crippen LogP contribution in [0.2, 0.25) is 0 Å². The van der Waals surface area contributed by atoms with Crippen LogP contribution in [0.5, 0.6) is 0 Å². The SMILES string of the molecule is O=C(O)CC1(CNC(=O)c2cccc(F)n2)CCC1. The van der Waals surface area contributed by atoms with Gasteiger partial charge in [0.2, 0.25) is 5.95 Å². The lowest BCUT2D eigenvalue weighted by Crippen LogP contribution is -2.43. The second-order valence-electron chi connectivity index (χ2n) is 4.95. The number of carbonyl (C=O) groups is 2. The smallest absolute Gasteiger partial charge is 0.303 e. The predicted molar refractivity (Wildman–Crippen MR) is 65.1 cm³/mol. The fraction of sp³-hybridized carbons (Fsp3) is 0.462. The normalized spacial score (nSPS) is 16.5. The Bertz CT molecular complexity index is 500. The Morgan fingerprint density at radius 1 is 1.42 bits per heavy atom. The number of halogens is 1. The number of carboxylic acid groups (broad SMARTS) is 1. The molecule has 0 spiro atoms. The number of rotatable bonds is 5. The summed E-state index contributed by atoms with van der Waals surface area (Å²) < 4.78 is 12.9. The summed E-state index contributed by atoms with van der Waals surface area (Å²) in [6.07, 6.45) is 2.59. The molecule has 0 atom stereocenters. The van der Waals surface area contributed by atoms with Crippen molar-refractivity contribution in [2.75, 3.05) is 6.54 Å². The second kappa shape index (κ2) is 5.34. The molecule has 1 saturated carbocycles. The van der Waals surface area contributed by atoms with E-state index in [1.165, 1.54) is 12.1 Å². The number of carboxylic acids is 1. The summed E-state index contributed by atoms with van der Waals surface area (Å²) in [6.45, 7) is 0.288. The Labute approximate surface area is 109 Å². The van der Waals surface area contributed by atoms with Crippen LogP contribution in [0.15, 0.2) is 18.2 Å². The fourth-order valence-corrected chi connectivity index (χ4v) is 2.31. The van der Waals surface area contributed by atoms with Crippen LogP contribution in [0.4, 0.5) is 4.39 Å². The van der Waals surface area contributed by atoms with Gasteiger partial charge in [0.15, 0.2) is 0 Å². The average Bonchev–Trinajstić information content (AvgIpc) is 2.31. The summed E-state index contributed by atoms with van der Waals surface area (Å²) in [5, 5.41) is 11.5. The fourth-order valence-electron chi connectivity index (χ4n) is 2.31. The lowest BCUT2D eigenvalue weighted by atomic mass is 9.66. The van der Waals surface area contributed by atoms with E-state index < -0.39 is 17.8 Å². The average molecular weight is 266 g/mol. The third kappa shape index (κ3) is 3.27. The molecule has 0 unspecified atom stereocenters. The van der Waals surface area contributed by atoms with Crippen molar-refractivity contribution in [1.82, 2.24) is 10.3 Å². The van der Waals surface area contributed by atoms with Gasteiger partial charge in [0.05, 0.1) is 6.42 Å². The highest BCUT2D eigenvalue weighted by Crippen LogP contribution is 2.43. The molecule has 1 aromatic rings. The molecule has 6 heteroatoms. The van der Waals surface area contributed by atoms with Crippen LogP contribution in [0.1, 0.15) is 36.2 Å². The summed E-state index contributed by atoms with van der Waals surface area (Å²) in [5.74, 6) is -2.05. The second-order valence-corrected chi connectivity index (χ2v) is 4.95. The molecule has 1 aromatic heterocycles. The first-order chi connectivity index (χ1) is 9.01. The summed E-state index contributed by atoms with van der Waals surface area (Å²) >= 11 is 0. The Balaban J connectivity index is 1.94. The van der Waals surface area contributed by atoms with Gasteiger partial charge in [-0.05, 0) is 30.4 Å². The van der Waals surface area contributed by atoms with Crippen molar-refractivity contribution in [2.45, 2.75) is 25.7 Å². The molecular weight excluding hydrogens is 251 g/mol. The molecule has 1 aliphatic rings. The maximum absolute atomic E-state index is 12.9. The lowest BCUT2D eigenvalue weighted by Gasteiger charge is -2.40. The van der Waals surface area contributed by atoms with E-state index in [1.807, 2.05) is 0 Å². The lowest BCUT2D eigenvalue weighted by molar-refractivity contribution is -0.141. The highest BCUT2D eigenvalue weighted by atomic mass is 19.1. The molecular formula is C13H15FN2O3. The van der Waals surface area contributed by atoms with Crippen LogP contribution in [0.3, 0.4) is 0 Å². The van der Waals surface area contributed by atoms with Crippen molar-refractivity contribution in [3.63, 3.8) is 0 Å². The molecule has 1 aliphatic carbocycles. The maximum atomic E-state index is 12.9. The molecule has 0 bridgehead atoms. The summed E-state index contributed by atoms with van der Waals surface area (Å²) in [6, 6.07) is 3.99. The van der Waals surface area contributed by atoms with Crippen LogP contribution in [-0.2, 0) is 4.79 Å². The van der Waals surface area contributed by atoms with E-state index in [0.29, 0.717) is 0 Å². The van der Waals surface area contributed by atoms with E-state index >= 15 is 0 Å². The van der Waals surface area contributed by atoms with E-state index in [9.17, 15) is 14.0 Å². The Morgan fingerprint density at radius 3 is 2.68 bits per heavy atom. The maximum Gasteiger partial charge on any atom is 0.303 e. The molecule has 0 aliphatic heterocycles. The van der Waals surface area contributed by atoms with Gasteiger partial charge < -0.3 is 10.4 Å². The number of pyridine rings is 1. The van der Waals surface area contributed by atoms with Crippen LogP contribution in [-0.4, -0.2) is 28.5 Å². The molecule has 19 heavy (non-hydrogen) atoms. The molecule has 0 aromatic carbocycles. The first-order valence-electron chi connectivity index (χ1n) is 6.13. The van der Waals surface area contributed by atoms with Crippen molar-refractivity contribution in [3.8, 4) is 0 Å². The van der Waals surface area contributed by atoms with E-state index in [-0.39, 0.29) is 24.1 Å². The quantitative estimate of drug-likeness (QED) is 0.793. The number of nitrogens with zero attached hydrogens (tertiary/aromatic N) is 1.